The SMILES string of the molecule is Cc1nccn1-c1ccccc1CNC(=S)Nc1ccc(F)cc1. The van der Waals surface area contributed by atoms with E-state index in [0.29, 0.717) is 11.7 Å². The van der Waals surface area contributed by atoms with Crippen LogP contribution in [-0.2, 0) is 6.54 Å². The van der Waals surface area contributed by atoms with Crippen molar-refractivity contribution in [1.82, 2.24) is 14.9 Å². The van der Waals surface area contributed by atoms with Crippen LogP contribution in [0.5, 0.6) is 0 Å². The molecule has 0 saturated carbocycles. The molecule has 0 aliphatic carbocycles. The molecule has 24 heavy (non-hydrogen) atoms. The molecule has 0 atom stereocenters. The number of imidazole rings is 1. The third kappa shape index (κ3) is 3.78. The number of hydrogen-bond donors (Lipinski definition) is 2. The summed E-state index contributed by atoms with van der Waals surface area (Å²) in [7, 11) is 0. The summed E-state index contributed by atoms with van der Waals surface area (Å²) in [4.78, 5) is 4.27. The monoisotopic (exact) mass is 340 g/mol. The first kappa shape index (κ1) is 16.1. The van der Waals surface area contributed by atoms with Crippen molar-refractivity contribution in [3.8, 4) is 5.69 Å². The number of aryl methyl sites for hydroxylation is 1. The number of para-hydroxylation sites is 1. The molecular formula is C18H17FN4S. The average Bonchev–Trinajstić information content (AvgIpc) is 3.01. The van der Waals surface area contributed by atoms with Crippen LogP contribution in [0.15, 0.2) is 60.9 Å². The minimum atomic E-state index is -0.274. The van der Waals surface area contributed by atoms with E-state index >= 15 is 0 Å². The van der Waals surface area contributed by atoms with Gasteiger partial charge in [0.25, 0.3) is 0 Å². The highest BCUT2D eigenvalue weighted by Crippen LogP contribution is 2.16. The predicted molar refractivity (Wildman–Crippen MR) is 97.8 cm³/mol. The van der Waals surface area contributed by atoms with Crippen molar-refractivity contribution in [3.05, 3.63) is 78.1 Å². The third-order valence-corrected chi connectivity index (χ3v) is 3.86. The normalized spacial score (nSPS) is 10.4. The lowest BCUT2D eigenvalue weighted by molar-refractivity contribution is 0.628. The Morgan fingerprint density at radius 2 is 1.92 bits per heavy atom. The second-order valence-electron chi connectivity index (χ2n) is 5.29. The van der Waals surface area contributed by atoms with Crippen LogP contribution in [0.3, 0.4) is 0 Å². The summed E-state index contributed by atoms with van der Waals surface area (Å²) >= 11 is 5.30. The van der Waals surface area contributed by atoms with Gasteiger partial charge < -0.3 is 15.2 Å². The number of anilines is 1. The first-order valence-electron chi connectivity index (χ1n) is 7.52. The maximum absolute atomic E-state index is 12.9. The summed E-state index contributed by atoms with van der Waals surface area (Å²) in [5, 5.41) is 6.70. The summed E-state index contributed by atoms with van der Waals surface area (Å²) in [6, 6.07) is 14.1. The molecule has 122 valence electrons. The number of benzene rings is 2. The van der Waals surface area contributed by atoms with Crippen molar-refractivity contribution in [1.29, 1.82) is 0 Å². The molecule has 2 N–H and O–H groups in total. The minimum Gasteiger partial charge on any atom is -0.358 e. The molecule has 1 heterocycles. The van der Waals surface area contributed by atoms with Gasteiger partial charge >= 0.3 is 0 Å². The van der Waals surface area contributed by atoms with Crippen molar-refractivity contribution in [2.45, 2.75) is 13.5 Å². The summed E-state index contributed by atoms with van der Waals surface area (Å²) in [6.45, 7) is 2.53. The van der Waals surface area contributed by atoms with E-state index in [1.165, 1.54) is 12.1 Å². The Kier molecular flexibility index (Phi) is 4.86. The molecule has 3 rings (SSSR count). The van der Waals surface area contributed by atoms with Gasteiger partial charge in [0.05, 0.1) is 5.69 Å². The van der Waals surface area contributed by atoms with Gasteiger partial charge in [-0.25, -0.2) is 9.37 Å². The zero-order valence-electron chi connectivity index (χ0n) is 13.2. The summed E-state index contributed by atoms with van der Waals surface area (Å²) in [5.41, 5.74) is 2.90. The van der Waals surface area contributed by atoms with Crippen LogP contribution in [0.1, 0.15) is 11.4 Å². The van der Waals surface area contributed by atoms with E-state index in [-0.39, 0.29) is 5.82 Å². The largest absolute Gasteiger partial charge is 0.358 e. The maximum Gasteiger partial charge on any atom is 0.171 e. The number of hydrogen-bond acceptors (Lipinski definition) is 2. The molecule has 0 radical (unpaired) electrons. The zero-order chi connectivity index (χ0) is 16.9. The van der Waals surface area contributed by atoms with Gasteiger partial charge in [-0.3, -0.25) is 0 Å². The second-order valence-corrected chi connectivity index (χ2v) is 5.70. The summed E-state index contributed by atoms with van der Waals surface area (Å²) in [6.07, 6.45) is 3.71. The standard InChI is InChI=1S/C18H17FN4S/c1-13-20-10-11-23(13)17-5-3-2-4-14(17)12-21-18(24)22-16-8-6-15(19)7-9-16/h2-11H,12H2,1H3,(H2,21,22,24). The molecule has 0 amide bonds. The number of aromatic nitrogens is 2. The molecule has 4 nitrogen and oxygen atoms in total. The van der Waals surface area contributed by atoms with Crippen molar-refractivity contribution >= 4 is 23.0 Å². The fourth-order valence-corrected chi connectivity index (χ4v) is 2.60. The molecule has 6 heteroatoms. The Hall–Kier alpha value is -2.73. The van der Waals surface area contributed by atoms with Gasteiger partial charge in [0, 0.05) is 24.6 Å². The van der Waals surface area contributed by atoms with E-state index in [1.807, 2.05) is 42.0 Å². The Bertz CT molecular complexity index is 842. The lowest BCUT2D eigenvalue weighted by atomic mass is 10.1. The highest BCUT2D eigenvalue weighted by Gasteiger charge is 2.07. The average molecular weight is 340 g/mol. The summed E-state index contributed by atoms with van der Waals surface area (Å²) < 4.78 is 15.0. The molecule has 0 aliphatic rings. The third-order valence-electron chi connectivity index (χ3n) is 3.62. The lowest BCUT2D eigenvalue weighted by Crippen LogP contribution is -2.28. The number of nitrogens with one attached hydrogen (secondary N) is 2. The topological polar surface area (TPSA) is 41.9 Å². The van der Waals surface area contributed by atoms with Gasteiger partial charge in [-0.1, -0.05) is 18.2 Å². The Morgan fingerprint density at radius 3 is 2.62 bits per heavy atom. The predicted octanol–water partition coefficient (Wildman–Crippen LogP) is 3.81. The Labute approximate surface area is 145 Å². The Morgan fingerprint density at radius 1 is 1.17 bits per heavy atom. The first-order valence-corrected chi connectivity index (χ1v) is 7.93. The number of nitrogens with zero attached hydrogens (tertiary/aromatic N) is 2. The van der Waals surface area contributed by atoms with E-state index in [9.17, 15) is 4.39 Å². The van der Waals surface area contributed by atoms with Gasteiger partial charge in [0.1, 0.15) is 11.6 Å². The molecule has 0 unspecified atom stereocenters. The highest BCUT2D eigenvalue weighted by atomic mass is 32.1. The summed E-state index contributed by atoms with van der Waals surface area (Å²) in [5.74, 6) is 0.651. The van der Waals surface area contributed by atoms with Gasteiger partial charge in [0.15, 0.2) is 5.11 Å². The van der Waals surface area contributed by atoms with Crippen molar-refractivity contribution in [3.63, 3.8) is 0 Å². The molecule has 0 spiro atoms. The van der Waals surface area contributed by atoms with Gasteiger partial charge in [0.2, 0.25) is 0 Å². The van der Waals surface area contributed by atoms with Crippen molar-refractivity contribution in [2.75, 3.05) is 5.32 Å². The minimum absolute atomic E-state index is 0.274. The van der Waals surface area contributed by atoms with Crippen LogP contribution < -0.4 is 10.6 Å². The van der Waals surface area contributed by atoms with Gasteiger partial charge in [-0.15, -0.1) is 0 Å². The van der Waals surface area contributed by atoms with Crippen molar-refractivity contribution in [2.24, 2.45) is 0 Å². The van der Waals surface area contributed by atoms with E-state index in [0.717, 1.165) is 22.8 Å². The molecule has 2 aromatic carbocycles. The lowest BCUT2D eigenvalue weighted by Gasteiger charge is -2.14. The Balaban J connectivity index is 1.68. The second kappa shape index (κ2) is 7.23. The fraction of sp³-hybridized carbons (Fsp3) is 0.111. The van der Waals surface area contributed by atoms with Crippen LogP contribution >= 0.6 is 12.2 Å². The molecule has 0 bridgehead atoms. The molecule has 1 aromatic heterocycles. The molecule has 3 aromatic rings. The molecular weight excluding hydrogens is 323 g/mol. The zero-order valence-corrected chi connectivity index (χ0v) is 14.0. The van der Waals surface area contributed by atoms with Crippen molar-refractivity contribution < 1.29 is 4.39 Å². The van der Waals surface area contributed by atoms with Crippen LogP contribution in [0.25, 0.3) is 5.69 Å². The van der Waals surface area contributed by atoms with E-state index in [1.54, 1.807) is 18.3 Å². The number of rotatable bonds is 4. The highest BCUT2D eigenvalue weighted by molar-refractivity contribution is 7.80. The quantitative estimate of drug-likeness (QED) is 0.709. The van der Waals surface area contributed by atoms with Crippen LogP contribution in [0.2, 0.25) is 0 Å². The number of halogens is 1. The number of thiocarbonyl (C=S) groups is 1. The van der Waals surface area contributed by atoms with E-state index in [4.69, 9.17) is 12.2 Å². The van der Waals surface area contributed by atoms with Gasteiger partial charge in [-0.05, 0) is 55.0 Å². The fourth-order valence-electron chi connectivity index (χ4n) is 2.41. The van der Waals surface area contributed by atoms with Crippen LogP contribution in [0, 0.1) is 12.7 Å². The van der Waals surface area contributed by atoms with Crippen LogP contribution in [-0.4, -0.2) is 14.7 Å². The molecule has 0 saturated heterocycles. The van der Waals surface area contributed by atoms with E-state index in [2.05, 4.69) is 15.6 Å². The first-order chi connectivity index (χ1) is 11.6. The van der Waals surface area contributed by atoms with E-state index < -0.39 is 0 Å². The van der Waals surface area contributed by atoms with Crippen LogP contribution in [0.4, 0.5) is 10.1 Å². The smallest absolute Gasteiger partial charge is 0.171 e. The van der Waals surface area contributed by atoms with Gasteiger partial charge in [-0.2, -0.15) is 0 Å². The molecule has 0 aliphatic heterocycles. The maximum atomic E-state index is 12.9. The molecule has 0 fully saturated rings.